The molecule has 0 saturated heterocycles. The average Bonchev–Trinajstić information content (AvgIpc) is 2.86. The van der Waals surface area contributed by atoms with Crippen molar-refractivity contribution >= 4 is 23.0 Å². The Bertz CT molecular complexity index is 927. The molecule has 1 heterocycles. The molecule has 1 amide bonds. The molecule has 0 unspecified atom stereocenters. The number of primary amides is 1. The van der Waals surface area contributed by atoms with Crippen LogP contribution >= 0.6 is 0 Å². The monoisotopic (exact) mass is 452 g/mol. The Hall–Kier alpha value is -3.25. The van der Waals surface area contributed by atoms with Gasteiger partial charge in [0.15, 0.2) is 0 Å². The van der Waals surface area contributed by atoms with Gasteiger partial charge in [-0.05, 0) is 39.0 Å². The Kier molecular flexibility index (Phi) is 16.5. The molecule has 0 spiro atoms. The molecule has 180 valence electrons. The lowest BCUT2D eigenvalue weighted by Gasteiger charge is -2.10. The van der Waals surface area contributed by atoms with Crippen molar-refractivity contribution in [3.8, 4) is 0 Å². The Labute approximate surface area is 198 Å². The summed E-state index contributed by atoms with van der Waals surface area (Å²) in [6.07, 6.45) is 16.6. The predicted octanol–water partition coefficient (Wildman–Crippen LogP) is 5.41. The van der Waals surface area contributed by atoms with Crippen LogP contribution in [0.15, 0.2) is 71.6 Å². The summed E-state index contributed by atoms with van der Waals surface area (Å²) in [4.78, 5) is 13.0. The highest BCUT2D eigenvalue weighted by Crippen LogP contribution is 2.18. The van der Waals surface area contributed by atoms with Gasteiger partial charge < -0.3 is 16.6 Å². The van der Waals surface area contributed by atoms with Crippen molar-refractivity contribution in [2.24, 2.45) is 11.5 Å². The van der Waals surface area contributed by atoms with E-state index in [0.29, 0.717) is 11.4 Å². The number of nitrogens with one attached hydrogen (secondary N) is 1. The SMILES string of the molecule is C/C=C(C(=N)c1cnc2ccccc2c1)\C(N)=C/C=C(C)C.C1CCCCC1.CO.NC=O. The first-order valence-electron chi connectivity index (χ1n) is 11.3. The van der Waals surface area contributed by atoms with Gasteiger partial charge >= 0.3 is 0 Å². The van der Waals surface area contributed by atoms with Crippen LogP contribution in [-0.2, 0) is 4.79 Å². The highest BCUT2D eigenvalue weighted by atomic mass is 16.2. The van der Waals surface area contributed by atoms with E-state index in [2.05, 4.69) is 10.7 Å². The van der Waals surface area contributed by atoms with Crippen molar-refractivity contribution < 1.29 is 9.90 Å². The molecule has 2 aromatic rings. The molecule has 0 radical (unpaired) electrons. The third-order valence-electron chi connectivity index (χ3n) is 4.84. The summed E-state index contributed by atoms with van der Waals surface area (Å²) < 4.78 is 0. The van der Waals surface area contributed by atoms with Gasteiger partial charge in [-0.3, -0.25) is 15.2 Å². The second-order valence-corrected chi connectivity index (χ2v) is 7.62. The van der Waals surface area contributed by atoms with E-state index in [0.717, 1.165) is 34.7 Å². The second kappa shape index (κ2) is 18.3. The second-order valence-electron chi connectivity index (χ2n) is 7.62. The molecule has 0 atom stereocenters. The molecule has 6 nitrogen and oxygen atoms in total. The van der Waals surface area contributed by atoms with E-state index < -0.39 is 0 Å². The first-order valence-corrected chi connectivity index (χ1v) is 11.3. The number of hydrogen-bond donors (Lipinski definition) is 4. The number of para-hydroxylation sites is 1. The number of aliphatic hydroxyl groups is 1. The van der Waals surface area contributed by atoms with E-state index in [4.69, 9.17) is 21.0 Å². The fraction of sp³-hybridized carbons (Fsp3) is 0.370. The molecule has 0 bridgehead atoms. The summed E-state index contributed by atoms with van der Waals surface area (Å²) in [7, 11) is 1.00. The van der Waals surface area contributed by atoms with Gasteiger partial charge in [0.1, 0.15) is 0 Å². The number of allylic oxidation sites excluding steroid dienone is 5. The lowest BCUT2D eigenvalue weighted by Crippen LogP contribution is -2.11. The molecule has 1 aromatic carbocycles. The Morgan fingerprint density at radius 1 is 1.03 bits per heavy atom. The topological polar surface area (TPSA) is 126 Å². The van der Waals surface area contributed by atoms with E-state index in [1.807, 2.05) is 69.3 Å². The number of benzene rings is 1. The largest absolute Gasteiger partial charge is 0.400 e. The number of aromatic nitrogens is 1. The fourth-order valence-corrected chi connectivity index (χ4v) is 3.23. The van der Waals surface area contributed by atoms with Gasteiger partial charge in [-0.15, -0.1) is 0 Å². The molecule has 3 rings (SSSR count). The minimum absolute atomic E-state index is 0.250. The van der Waals surface area contributed by atoms with Crippen LogP contribution in [-0.4, -0.2) is 29.3 Å². The summed E-state index contributed by atoms with van der Waals surface area (Å²) in [5, 5.41) is 16.4. The van der Waals surface area contributed by atoms with Crippen LogP contribution in [0.2, 0.25) is 0 Å². The maximum absolute atomic E-state index is 8.58. The lowest BCUT2D eigenvalue weighted by atomic mass is 9.99. The van der Waals surface area contributed by atoms with Crippen LogP contribution in [0.5, 0.6) is 0 Å². The van der Waals surface area contributed by atoms with E-state index in [1.165, 1.54) is 38.5 Å². The van der Waals surface area contributed by atoms with Crippen LogP contribution in [0.1, 0.15) is 64.9 Å². The van der Waals surface area contributed by atoms with E-state index in [1.54, 1.807) is 6.20 Å². The number of carbonyl (C=O) groups is 1. The van der Waals surface area contributed by atoms with Crippen molar-refractivity contribution in [1.82, 2.24) is 4.98 Å². The summed E-state index contributed by atoms with van der Waals surface area (Å²) in [6.45, 7) is 5.91. The molecule has 1 fully saturated rings. The van der Waals surface area contributed by atoms with Gasteiger partial charge in [-0.1, -0.05) is 74.4 Å². The summed E-state index contributed by atoms with van der Waals surface area (Å²) in [5.74, 6) is 0. The van der Waals surface area contributed by atoms with Gasteiger partial charge in [0.2, 0.25) is 6.41 Å². The fourth-order valence-electron chi connectivity index (χ4n) is 3.23. The molecule has 33 heavy (non-hydrogen) atoms. The predicted molar refractivity (Wildman–Crippen MR) is 140 cm³/mol. The number of carbonyl (C=O) groups excluding carboxylic acids is 1. The van der Waals surface area contributed by atoms with Crippen molar-refractivity contribution in [1.29, 1.82) is 5.41 Å². The van der Waals surface area contributed by atoms with E-state index in [-0.39, 0.29) is 6.41 Å². The smallest absolute Gasteiger partial charge is 0.204 e. The zero-order valence-electron chi connectivity index (χ0n) is 20.5. The minimum atomic E-state index is 0.250. The number of nitrogens with two attached hydrogens (primary N) is 2. The molecule has 1 aliphatic carbocycles. The third kappa shape index (κ3) is 11.8. The molecular weight excluding hydrogens is 412 g/mol. The van der Waals surface area contributed by atoms with Gasteiger partial charge in [0.25, 0.3) is 0 Å². The summed E-state index contributed by atoms with van der Waals surface area (Å²) >= 11 is 0. The van der Waals surface area contributed by atoms with Gasteiger partial charge in [0.05, 0.1) is 11.2 Å². The Balaban J connectivity index is 0.000000772. The average molecular weight is 453 g/mol. The summed E-state index contributed by atoms with van der Waals surface area (Å²) in [6, 6.07) is 9.86. The zero-order chi connectivity index (χ0) is 25.1. The van der Waals surface area contributed by atoms with Crippen LogP contribution in [0.25, 0.3) is 10.9 Å². The van der Waals surface area contributed by atoms with Crippen molar-refractivity contribution in [3.05, 3.63) is 77.2 Å². The minimum Gasteiger partial charge on any atom is -0.400 e. The third-order valence-corrected chi connectivity index (χ3v) is 4.84. The van der Waals surface area contributed by atoms with E-state index >= 15 is 0 Å². The number of fused-ring (bicyclic) bond motifs is 1. The number of aliphatic hydroxyl groups excluding tert-OH is 1. The number of hydrogen-bond acceptors (Lipinski definition) is 5. The molecule has 6 N–H and O–H groups in total. The molecular formula is C27H40N4O2. The number of nitrogens with zero attached hydrogens (tertiary/aromatic N) is 1. The number of pyridine rings is 1. The van der Waals surface area contributed by atoms with Crippen LogP contribution in [0, 0.1) is 5.41 Å². The van der Waals surface area contributed by atoms with Gasteiger partial charge in [-0.25, -0.2) is 0 Å². The van der Waals surface area contributed by atoms with Crippen molar-refractivity contribution in [2.45, 2.75) is 59.3 Å². The number of amides is 1. The van der Waals surface area contributed by atoms with Crippen LogP contribution in [0.4, 0.5) is 0 Å². The zero-order valence-corrected chi connectivity index (χ0v) is 20.5. The van der Waals surface area contributed by atoms with Gasteiger partial charge in [0, 0.05) is 35.5 Å². The maximum Gasteiger partial charge on any atom is 0.204 e. The lowest BCUT2D eigenvalue weighted by molar-refractivity contribution is -0.106. The van der Waals surface area contributed by atoms with Crippen LogP contribution < -0.4 is 11.5 Å². The first-order chi connectivity index (χ1) is 15.9. The van der Waals surface area contributed by atoms with Gasteiger partial charge in [-0.2, -0.15) is 0 Å². The molecule has 1 aromatic heterocycles. The standard InChI is InChI=1S/C19H21N3.C6H12.CH3NO.CH4O/c1-4-16(17(20)10-9-13(2)3)19(21)15-11-14-7-5-6-8-18(14)22-12-15;1-2-4-6-5-3-1;2-1-3;1-2/h4-12,21H,20H2,1-3H3;1-6H2;1H,(H2,2,3);2H,1H3/b16-4+,17-10+,21-19?;;;. The number of rotatable bonds is 4. The molecule has 1 saturated carbocycles. The first kappa shape index (κ1) is 29.8. The normalized spacial score (nSPS) is 13.1. The highest BCUT2D eigenvalue weighted by molar-refractivity contribution is 6.14. The molecule has 1 aliphatic rings. The van der Waals surface area contributed by atoms with Crippen molar-refractivity contribution in [3.63, 3.8) is 0 Å². The summed E-state index contributed by atoms with van der Waals surface area (Å²) in [5.41, 5.74) is 14.8. The highest BCUT2D eigenvalue weighted by Gasteiger charge is 2.10. The molecule has 0 aliphatic heterocycles. The molecule has 6 heteroatoms. The van der Waals surface area contributed by atoms with Crippen LogP contribution in [0.3, 0.4) is 0 Å². The quantitative estimate of drug-likeness (QED) is 0.281. The Morgan fingerprint density at radius 2 is 1.55 bits per heavy atom. The maximum atomic E-state index is 8.58. The Morgan fingerprint density at radius 3 is 2.03 bits per heavy atom. The van der Waals surface area contributed by atoms with E-state index in [9.17, 15) is 0 Å². The van der Waals surface area contributed by atoms with Crippen molar-refractivity contribution in [2.75, 3.05) is 7.11 Å².